The molecule has 4 aliphatic rings. The van der Waals surface area contributed by atoms with Gasteiger partial charge in [-0.15, -0.1) is 0 Å². The Morgan fingerprint density at radius 2 is 1.94 bits per heavy atom. The molecule has 4 rings (SSSR count). The van der Waals surface area contributed by atoms with E-state index < -0.39 is 0 Å². The molecule has 17 heavy (non-hydrogen) atoms. The fourth-order valence-electron chi connectivity index (χ4n) is 4.19. The minimum atomic E-state index is 0.423. The Bertz CT molecular complexity index is 510. The summed E-state index contributed by atoms with van der Waals surface area (Å²) in [6, 6.07) is 0. The average molecular weight is 222 g/mol. The van der Waals surface area contributed by atoms with Crippen LogP contribution < -0.4 is 0 Å². The van der Waals surface area contributed by atoms with E-state index in [2.05, 4.69) is 42.5 Å². The first-order valence-electron chi connectivity index (χ1n) is 6.83. The van der Waals surface area contributed by atoms with Gasteiger partial charge in [0.25, 0.3) is 0 Å². The zero-order valence-electron chi connectivity index (χ0n) is 10.2. The Morgan fingerprint density at radius 3 is 2.65 bits per heavy atom. The van der Waals surface area contributed by atoms with Crippen molar-refractivity contribution in [1.82, 2.24) is 0 Å². The topological polar surface area (TPSA) is 0 Å². The molecule has 4 aliphatic carbocycles. The summed E-state index contributed by atoms with van der Waals surface area (Å²) in [5, 5.41) is 0. The molecule has 0 nitrogen and oxygen atoms in total. The molecule has 0 aliphatic heterocycles. The molecule has 1 saturated carbocycles. The third-order valence-electron chi connectivity index (χ3n) is 4.97. The van der Waals surface area contributed by atoms with Crippen molar-refractivity contribution in [3.63, 3.8) is 0 Å². The van der Waals surface area contributed by atoms with Crippen molar-refractivity contribution >= 4 is 0 Å². The van der Waals surface area contributed by atoms with E-state index in [0.717, 1.165) is 12.3 Å². The third kappa shape index (κ3) is 1.24. The molecule has 0 aromatic rings. The Kier molecular flexibility index (Phi) is 1.91. The second kappa shape index (κ2) is 3.35. The van der Waals surface area contributed by atoms with E-state index in [1.54, 1.807) is 16.7 Å². The molecule has 0 spiro atoms. The maximum absolute atomic E-state index is 2.58. The normalized spacial score (nSPS) is 37.6. The maximum atomic E-state index is 2.58. The molecule has 0 aromatic heterocycles. The number of hydrogen-bond donors (Lipinski definition) is 0. The van der Waals surface area contributed by atoms with Crippen molar-refractivity contribution < 1.29 is 0 Å². The molecule has 0 N–H and O–H groups in total. The van der Waals surface area contributed by atoms with Gasteiger partial charge in [0.2, 0.25) is 0 Å². The van der Waals surface area contributed by atoms with Crippen molar-refractivity contribution in [2.45, 2.75) is 32.1 Å². The molecule has 0 saturated heterocycles. The van der Waals surface area contributed by atoms with Gasteiger partial charge in [-0.3, -0.25) is 0 Å². The molecular formula is C17H18. The Labute approximate surface area is 103 Å². The summed E-state index contributed by atoms with van der Waals surface area (Å²) in [6.45, 7) is 0. The molecule has 2 bridgehead atoms. The lowest BCUT2D eigenvalue weighted by Gasteiger charge is -2.33. The minimum absolute atomic E-state index is 0.423. The Balaban J connectivity index is 1.76. The zero-order chi connectivity index (χ0) is 11.3. The number of fused-ring (bicyclic) bond motifs is 2. The van der Waals surface area contributed by atoms with Crippen molar-refractivity contribution in [3.05, 3.63) is 59.3 Å². The zero-order valence-corrected chi connectivity index (χ0v) is 10.2. The summed E-state index contributed by atoms with van der Waals surface area (Å²) >= 11 is 0. The summed E-state index contributed by atoms with van der Waals surface area (Å²) in [6.07, 6.45) is 22.9. The monoisotopic (exact) mass is 222 g/mol. The fraction of sp³-hybridized carbons (Fsp3) is 0.412. The van der Waals surface area contributed by atoms with Crippen LogP contribution in [0.5, 0.6) is 0 Å². The van der Waals surface area contributed by atoms with E-state index >= 15 is 0 Å². The smallest absolute Gasteiger partial charge is 0.0173 e. The molecule has 0 radical (unpaired) electrons. The van der Waals surface area contributed by atoms with Gasteiger partial charge < -0.3 is 0 Å². The van der Waals surface area contributed by atoms with E-state index in [1.165, 1.54) is 25.7 Å². The van der Waals surface area contributed by atoms with E-state index in [0.29, 0.717) is 5.41 Å². The first kappa shape index (κ1) is 9.70. The third-order valence-corrected chi connectivity index (χ3v) is 4.97. The molecule has 0 heterocycles. The fourth-order valence-corrected chi connectivity index (χ4v) is 4.19. The predicted molar refractivity (Wildman–Crippen MR) is 71.5 cm³/mol. The molecule has 0 amide bonds. The van der Waals surface area contributed by atoms with Crippen LogP contribution >= 0.6 is 0 Å². The summed E-state index contributed by atoms with van der Waals surface area (Å²) in [4.78, 5) is 0. The van der Waals surface area contributed by atoms with Gasteiger partial charge in [0.1, 0.15) is 0 Å². The Morgan fingerprint density at radius 1 is 1.06 bits per heavy atom. The van der Waals surface area contributed by atoms with Crippen LogP contribution in [-0.2, 0) is 0 Å². The van der Waals surface area contributed by atoms with Crippen LogP contribution in [0.2, 0.25) is 0 Å². The quantitative estimate of drug-likeness (QED) is 0.646. The van der Waals surface area contributed by atoms with Gasteiger partial charge in [-0.25, -0.2) is 0 Å². The van der Waals surface area contributed by atoms with Crippen LogP contribution in [0.1, 0.15) is 32.1 Å². The summed E-state index contributed by atoms with van der Waals surface area (Å²) in [5.41, 5.74) is 5.36. The highest BCUT2D eigenvalue weighted by molar-refractivity contribution is 5.53. The highest BCUT2D eigenvalue weighted by atomic mass is 14.5. The lowest BCUT2D eigenvalue weighted by atomic mass is 9.70. The average Bonchev–Trinajstić information content (AvgIpc) is 3.13. The van der Waals surface area contributed by atoms with Gasteiger partial charge in [0, 0.05) is 5.41 Å². The van der Waals surface area contributed by atoms with Gasteiger partial charge in [-0.05, 0) is 49.2 Å². The van der Waals surface area contributed by atoms with E-state index in [9.17, 15) is 0 Å². The van der Waals surface area contributed by atoms with Gasteiger partial charge in [0.15, 0.2) is 0 Å². The Hall–Kier alpha value is -1.30. The number of hydrogen-bond acceptors (Lipinski definition) is 0. The van der Waals surface area contributed by atoms with Crippen LogP contribution in [0.25, 0.3) is 0 Å². The van der Waals surface area contributed by atoms with E-state index in [-0.39, 0.29) is 0 Å². The second-order valence-corrected chi connectivity index (χ2v) is 5.81. The molecule has 86 valence electrons. The highest BCUT2D eigenvalue weighted by Gasteiger charge is 2.49. The molecule has 2 unspecified atom stereocenters. The van der Waals surface area contributed by atoms with Crippen molar-refractivity contribution in [1.29, 1.82) is 0 Å². The van der Waals surface area contributed by atoms with Gasteiger partial charge in [-0.2, -0.15) is 0 Å². The lowest BCUT2D eigenvalue weighted by Crippen LogP contribution is -2.21. The van der Waals surface area contributed by atoms with E-state index in [1.807, 2.05) is 0 Å². The minimum Gasteiger partial charge on any atom is -0.0804 e. The van der Waals surface area contributed by atoms with Crippen LogP contribution in [0.15, 0.2) is 59.3 Å². The number of rotatable bonds is 2. The van der Waals surface area contributed by atoms with Crippen LogP contribution in [0.3, 0.4) is 0 Å². The lowest BCUT2D eigenvalue weighted by molar-refractivity contribution is 0.454. The molecular weight excluding hydrogens is 204 g/mol. The maximum Gasteiger partial charge on any atom is 0.0173 e. The summed E-state index contributed by atoms with van der Waals surface area (Å²) < 4.78 is 0. The first-order chi connectivity index (χ1) is 8.38. The van der Waals surface area contributed by atoms with Crippen LogP contribution in [0, 0.1) is 11.3 Å². The summed E-state index contributed by atoms with van der Waals surface area (Å²) in [5.74, 6) is 0.855. The number of allylic oxidation sites excluding steroid dienone is 10. The molecule has 0 aromatic carbocycles. The summed E-state index contributed by atoms with van der Waals surface area (Å²) in [7, 11) is 0. The SMILES string of the molecule is C1=CCC(C2=CC3CCC2(C2=CC=CC2)C3)=C1. The largest absolute Gasteiger partial charge is 0.0804 e. The van der Waals surface area contributed by atoms with Crippen molar-refractivity contribution in [2.75, 3.05) is 0 Å². The van der Waals surface area contributed by atoms with Crippen molar-refractivity contribution in [2.24, 2.45) is 11.3 Å². The molecule has 0 heteroatoms. The molecule has 1 fully saturated rings. The standard InChI is InChI=1S/C17H18/c1-2-6-14(5-1)16-11-13-9-10-17(16,12-13)15-7-3-4-8-15/h1-5,7,11,13H,6,8-10,12H2. The van der Waals surface area contributed by atoms with E-state index in [4.69, 9.17) is 0 Å². The molecule has 2 atom stereocenters. The predicted octanol–water partition coefficient (Wildman–Crippen LogP) is 4.49. The van der Waals surface area contributed by atoms with Gasteiger partial charge in [-0.1, -0.05) is 48.1 Å². The second-order valence-electron chi connectivity index (χ2n) is 5.81. The van der Waals surface area contributed by atoms with Gasteiger partial charge in [0.05, 0.1) is 0 Å². The van der Waals surface area contributed by atoms with Crippen LogP contribution in [-0.4, -0.2) is 0 Å². The van der Waals surface area contributed by atoms with Crippen molar-refractivity contribution in [3.8, 4) is 0 Å². The van der Waals surface area contributed by atoms with Gasteiger partial charge >= 0.3 is 0 Å². The highest BCUT2D eigenvalue weighted by Crippen LogP contribution is 2.61. The van der Waals surface area contributed by atoms with Crippen LogP contribution in [0.4, 0.5) is 0 Å². The first-order valence-corrected chi connectivity index (χ1v) is 6.83.